The summed E-state index contributed by atoms with van der Waals surface area (Å²) in [5, 5.41) is 6.32. The summed E-state index contributed by atoms with van der Waals surface area (Å²) in [6, 6.07) is 29.1. The maximum absolute atomic E-state index is 7.44. The van der Waals surface area contributed by atoms with Crippen LogP contribution in [0.1, 0.15) is 31.9 Å². The molecule has 2 aliphatic rings. The van der Waals surface area contributed by atoms with E-state index in [1.165, 1.54) is 21.5 Å². The molecule has 0 bridgehead atoms. The Labute approximate surface area is 260 Å². The van der Waals surface area contributed by atoms with E-state index in [1.807, 2.05) is 0 Å². The number of morpholine rings is 1. The topological polar surface area (TPSA) is 46.2 Å². The summed E-state index contributed by atoms with van der Waals surface area (Å²) < 4.78 is 18.6. The molecular formula is C36H51N3O3Si. The highest BCUT2D eigenvalue weighted by Gasteiger charge is 2.52. The van der Waals surface area contributed by atoms with E-state index in [0.29, 0.717) is 12.6 Å². The third kappa shape index (κ3) is 7.77. The monoisotopic (exact) mass is 601 g/mol. The van der Waals surface area contributed by atoms with Crippen LogP contribution in [0.5, 0.6) is 5.75 Å². The lowest BCUT2D eigenvalue weighted by atomic mass is 10.0. The van der Waals surface area contributed by atoms with E-state index in [9.17, 15) is 0 Å². The molecule has 2 fully saturated rings. The van der Waals surface area contributed by atoms with Gasteiger partial charge in [0.1, 0.15) is 5.75 Å². The summed E-state index contributed by atoms with van der Waals surface area (Å²) in [5.41, 5.74) is 2.51. The van der Waals surface area contributed by atoms with Crippen LogP contribution in [0.15, 0.2) is 78.9 Å². The van der Waals surface area contributed by atoms with Gasteiger partial charge in [0, 0.05) is 59.0 Å². The molecule has 2 aliphatic heterocycles. The molecule has 0 amide bonds. The van der Waals surface area contributed by atoms with Crippen molar-refractivity contribution in [2.45, 2.75) is 51.3 Å². The summed E-state index contributed by atoms with van der Waals surface area (Å²) in [5.74, 6) is 1.01. The minimum atomic E-state index is -2.69. The SMILES string of the molecule is COCC1CN(CCN2CCNC(Cc3ccc(C)c(O[Si](c4ccccc4)(c4ccccc4)C(C)(C)C)c3)C2)CCO1. The van der Waals surface area contributed by atoms with Gasteiger partial charge in [-0.2, -0.15) is 0 Å². The van der Waals surface area contributed by atoms with Gasteiger partial charge in [-0.15, -0.1) is 0 Å². The van der Waals surface area contributed by atoms with Gasteiger partial charge in [-0.05, 0) is 45.9 Å². The van der Waals surface area contributed by atoms with Crippen molar-refractivity contribution >= 4 is 18.7 Å². The van der Waals surface area contributed by atoms with Crippen LogP contribution in [0.4, 0.5) is 0 Å². The number of piperazine rings is 1. The van der Waals surface area contributed by atoms with Crippen LogP contribution in [-0.4, -0.2) is 96.4 Å². The van der Waals surface area contributed by atoms with Gasteiger partial charge in [-0.3, -0.25) is 9.80 Å². The Bertz CT molecular complexity index is 1240. The third-order valence-electron chi connectivity index (χ3n) is 9.06. The fraction of sp³-hybridized carbons (Fsp3) is 0.500. The predicted molar refractivity (Wildman–Crippen MR) is 179 cm³/mol. The van der Waals surface area contributed by atoms with Crippen LogP contribution < -0.4 is 20.1 Å². The Hall–Kier alpha value is -2.52. The molecule has 0 radical (unpaired) electrons. The second kappa shape index (κ2) is 14.5. The molecule has 6 nitrogen and oxygen atoms in total. The van der Waals surface area contributed by atoms with Crippen LogP contribution in [0.3, 0.4) is 0 Å². The zero-order valence-electron chi connectivity index (χ0n) is 26.9. The summed E-state index contributed by atoms with van der Waals surface area (Å²) in [6.07, 6.45) is 1.18. The molecule has 2 atom stereocenters. The van der Waals surface area contributed by atoms with Crippen LogP contribution >= 0.6 is 0 Å². The van der Waals surface area contributed by atoms with Gasteiger partial charge in [0.2, 0.25) is 0 Å². The lowest BCUT2D eigenvalue weighted by molar-refractivity contribution is -0.0624. The van der Waals surface area contributed by atoms with Gasteiger partial charge in [0.15, 0.2) is 0 Å². The maximum atomic E-state index is 7.44. The fourth-order valence-electron chi connectivity index (χ4n) is 6.77. The van der Waals surface area contributed by atoms with Crippen LogP contribution in [0.2, 0.25) is 5.04 Å². The molecule has 43 heavy (non-hydrogen) atoms. The smallest absolute Gasteiger partial charge is 0.319 e. The number of ether oxygens (including phenoxy) is 2. The highest BCUT2D eigenvalue weighted by molar-refractivity contribution is 7.00. The molecule has 232 valence electrons. The average Bonchev–Trinajstić information content (AvgIpc) is 3.01. The van der Waals surface area contributed by atoms with Crippen molar-refractivity contribution < 1.29 is 13.9 Å². The van der Waals surface area contributed by atoms with Crippen LogP contribution in [0, 0.1) is 6.92 Å². The number of rotatable bonds is 11. The van der Waals surface area contributed by atoms with Gasteiger partial charge in [0.25, 0.3) is 0 Å². The molecule has 7 heteroatoms. The first-order valence-electron chi connectivity index (χ1n) is 16.0. The second-order valence-electron chi connectivity index (χ2n) is 13.3. The summed E-state index contributed by atoms with van der Waals surface area (Å²) in [4.78, 5) is 5.15. The average molecular weight is 602 g/mol. The van der Waals surface area contributed by atoms with E-state index < -0.39 is 8.32 Å². The molecule has 0 aromatic heterocycles. The molecule has 2 heterocycles. The summed E-state index contributed by atoms with van der Waals surface area (Å²) in [7, 11) is -0.939. The van der Waals surface area contributed by atoms with Gasteiger partial charge in [-0.25, -0.2) is 0 Å². The second-order valence-corrected chi connectivity index (χ2v) is 17.5. The molecule has 1 N–H and O–H groups in total. The van der Waals surface area contributed by atoms with Gasteiger partial charge in [-0.1, -0.05) is 93.6 Å². The lowest BCUT2D eigenvalue weighted by Gasteiger charge is -2.43. The van der Waals surface area contributed by atoms with Gasteiger partial charge >= 0.3 is 8.32 Å². The zero-order valence-corrected chi connectivity index (χ0v) is 27.9. The van der Waals surface area contributed by atoms with Crippen molar-refractivity contribution in [3.05, 3.63) is 90.0 Å². The Morgan fingerprint density at radius 2 is 1.53 bits per heavy atom. The molecule has 3 aromatic rings. The van der Waals surface area contributed by atoms with Crippen LogP contribution in [-0.2, 0) is 15.9 Å². The molecule has 0 spiro atoms. The van der Waals surface area contributed by atoms with E-state index in [0.717, 1.165) is 64.6 Å². The number of hydrogen-bond acceptors (Lipinski definition) is 6. The number of aryl methyl sites for hydroxylation is 1. The van der Waals surface area contributed by atoms with Gasteiger partial charge < -0.3 is 19.2 Å². The number of benzene rings is 3. The largest absolute Gasteiger partial charge is 0.534 e. The molecule has 3 aromatic carbocycles. The van der Waals surface area contributed by atoms with Crippen molar-refractivity contribution in [3.63, 3.8) is 0 Å². The third-order valence-corrected chi connectivity index (χ3v) is 14.0. The first-order chi connectivity index (χ1) is 20.8. The van der Waals surface area contributed by atoms with E-state index in [-0.39, 0.29) is 11.1 Å². The van der Waals surface area contributed by atoms with Crippen molar-refractivity contribution in [2.24, 2.45) is 0 Å². The Balaban J connectivity index is 1.31. The van der Waals surface area contributed by atoms with Crippen molar-refractivity contribution in [2.75, 3.05) is 66.1 Å². The number of hydrogen-bond donors (Lipinski definition) is 1. The first kappa shape index (κ1) is 31.9. The Kier molecular flexibility index (Phi) is 10.8. The van der Waals surface area contributed by atoms with Crippen molar-refractivity contribution in [1.82, 2.24) is 15.1 Å². The van der Waals surface area contributed by atoms with Crippen molar-refractivity contribution in [1.29, 1.82) is 0 Å². The minimum Gasteiger partial charge on any atom is -0.534 e. The van der Waals surface area contributed by atoms with Gasteiger partial charge in [0.05, 0.1) is 19.3 Å². The van der Waals surface area contributed by atoms with Crippen LogP contribution in [0.25, 0.3) is 0 Å². The normalized spacial score (nSPS) is 20.7. The van der Waals surface area contributed by atoms with E-state index >= 15 is 0 Å². The molecular weight excluding hydrogens is 551 g/mol. The molecule has 2 saturated heterocycles. The van der Waals surface area contributed by atoms with Crippen molar-refractivity contribution in [3.8, 4) is 5.75 Å². The Morgan fingerprint density at radius 3 is 2.16 bits per heavy atom. The summed E-state index contributed by atoms with van der Waals surface area (Å²) >= 11 is 0. The lowest BCUT2D eigenvalue weighted by Crippen LogP contribution is -2.68. The van der Waals surface area contributed by atoms with E-state index in [1.54, 1.807) is 7.11 Å². The quantitative estimate of drug-likeness (QED) is 0.334. The highest BCUT2D eigenvalue weighted by atomic mass is 28.4. The number of methoxy groups -OCH3 is 1. The maximum Gasteiger partial charge on any atom is 0.319 e. The molecule has 0 aliphatic carbocycles. The predicted octanol–water partition coefficient (Wildman–Crippen LogP) is 4.10. The standard InChI is InChI=1S/C36H51N3O3Si/c1-29-16-17-30(24-31-26-38(19-18-37-31)20-21-39-22-23-41-32(27-39)28-40-5)25-35(29)42-43(36(2,3)4,33-12-8-6-9-13-33)34-14-10-7-11-15-34/h6-17,25,31-32,37H,18-24,26-28H2,1-5H3. The van der Waals surface area contributed by atoms with E-state index in [4.69, 9.17) is 13.9 Å². The summed E-state index contributed by atoms with van der Waals surface area (Å²) in [6.45, 7) is 18.0. The number of nitrogens with zero attached hydrogens (tertiary/aromatic N) is 2. The Morgan fingerprint density at radius 1 is 0.884 bits per heavy atom. The van der Waals surface area contributed by atoms with E-state index in [2.05, 4.69) is 122 Å². The molecule has 5 rings (SSSR count). The minimum absolute atomic E-state index is 0.0758. The molecule has 0 saturated carbocycles. The zero-order chi connectivity index (χ0) is 30.3. The first-order valence-corrected chi connectivity index (χ1v) is 17.9. The highest BCUT2D eigenvalue weighted by Crippen LogP contribution is 2.38. The molecule has 2 unspecified atom stereocenters. The fourth-order valence-corrected chi connectivity index (χ4v) is 11.2. The number of nitrogens with one attached hydrogen (secondary N) is 1.